The van der Waals surface area contributed by atoms with Crippen molar-refractivity contribution in [1.29, 1.82) is 0 Å². The van der Waals surface area contributed by atoms with Crippen LogP contribution in [0, 0.1) is 12.8 Å². The molecule has 0 spiro atoms. The quantitative estimate of drug-likeness (QED) is 0.484. The zero-order chi connectivity index (χ0) is 23.6. The topological polar surface area (TPSA) is 55.2 Å². The first kappa shape index (κ1) is 24.6. The number of likely N-dealkylation sites (tertiary alicyclic amines) is 1. The van der Waals surface area contributed by atoms with Gasteiger partial charge in [-0.3, -0.25) is 14.2 Å². The van der Waals surface area contributed by atoms with E-state index in [9.17, 15) is 9.59 Å². The summed E-state index contributed by atoms with van der Waals surface area (Å²) < 4.78 is 1.60. The molecule has 1 aliphatic rings. The Kier molecular flexibility index (Phi) is 7.53. The van der Waals surface area contributed by atoms with Gasteiger partial charge in [0.15, 0.2) is 5.16 Å². The molecular formula is C26H37N3O2S. The first-order chi connectivity index (χ1) is 15.0. The summed E-state index contributed by atoms with van der Waals surface area (Å²) >= 11 is 1.38. The highest BCUT2D eigenvalue weighted by Gasteiger charge is 2.26. The fraction of sp³-hybridized carbons (Fsp3) is 0.577. The standard InChI is InChI=1S/C26H37N3O2S/c1-17-12-14-29(15-13-17)23(30)19(3)32-25-27-18(2)22(24(31)28(25)7)16-20-8-10-21(11-9-20)26(4,5)6/h8-11,17,19H,12-16H2,1-7H3. The van der Waals surface area contributed by atoms with Crippen LogP contribution < -0.4 is 5.56 Å². The third kappa shape index (κ3) is 5.64. The number of amides is 1. The summed E-state index contributed by atoms with van der Waals surface area (Å²) in [4.78, 5) is 32.7. The molecule has 0 radical (unpaired) electrons. The summed E-state index contributed by atoms with van der Waals surface area (Å²) in [5.41, 5.74) is 3.89. The van der Waals surface area contributed by atoms with Gasteiger partial charge in [-0.2, -0.15) is 0 Å². The molecule has 1 aromatic carbocycles. The molecule has 6 heteroatoms. The van der Waals surface area contributed by atoms with E-state index in [0.29, 0.717) is 23.1 Å². The molecule has 0 saturated carbocycles. The van der Waals surface area contributed by atoms with Gasteiger partial charge in [-0.15, -0.1) is 0 Å². The Balaban J connectivity index is 1.75. The number of aromatic nitrogens is 2. The lowest BCUT2D eigenvalue weighted by atomic mass is 9.86. The van der Waals surface area contributed by atoms with Crippen LogP contribution in [0.4, 0.5) is 0 Å². The van der Waals surface area contributed by atoms with Crippen molar-refractivity contribution in [1.82, 2.24) is 14.5 Å². The maximum atomic E-state index is 13.1. The Morgan fingerprint density at radius 3 is 2.34 bits per heavy atom. The summed E-state index contributed by atoms with van der Waals surface area (Å²) in [5.74, 6) is 0.821. The van der Waals surface area contributed by atoms with Gasteiger partial charge in [-0.1, -0.05) is 63.7 Å². The van der Waals surface area contributed by atoms with Crippen molar-refractivity contribution in [3.8, 4) is 0 Å². The molecule has 1 amide bonds. The SMILES string of the molecule is Cc1nc(SC(C)C(=O)N2CCC(C)CC2)n(C)c(=O)c1Cc1ccc(C(C)(C)C)cc1. The van der Waals surface area contributed by atoms with Crippen LogP contribution in [0.25, 0.3) is 0 Å². The Hall–Kier alpha value is -2.08. The van der Waals surface area contributed by atoms with Crippen LogP contribution in [-0.4, -0.2) is 38.7 Å². The molecule has 5 nitrogen and oxygen atoms in total. The molecular weight excluding hydrogens is 418 g/mol. The third-order valence-electron chi connectivity index (χ3n) is 6.48. The lowest BCUT2D eigenvalue weighted by molar-refractivity contribution is -0.131. The van der Waals surface area contributed by atoms with Crippen LogP contribution in [0.1, 0.15) is 69.8 Å². The Labute approximate surface area is 196 Å². The predicted molar refractivity (Wildman–Crippen MR) is 132 cm³/mol. The summed E-state index contributed by atoms with van der Waals surface area (Å²) in [5, 5.41) is 0.335. The summed E-state index contributed by atoms with van der Waals surface area (Å²) in [7, 11) is 1.75. The minimum atomic E-state index is -0.267. The lowest BCUT2D eigenvalue weighted by Gasteiger charge is -2.32. The van der Waals surface area contributed by atoms with E-state index in [-0.39, 0.29) is 22.1 Å². The van der Waals surface area contributed by atoms with Crippen LogP contribution >= 0.6 is 11.8 Å². The van der Waals surface area contributed by atoms with E-state index in [0.717, 1.165) is 37.2 Å². The van der Waals surface area contributed by atoms with E-state index in [2.05, 4.69) is 52.0 Å². The third-order valence-corrected chi connectivity index (χ3v) is 7.61. The van der Waals surface area contributed by atoms with Crippen molar-refractivity contribution in [3.63, 3.8) is 0 Å². The minimum absolute atomic E-state index is 0.0358. The first-order valence-electron chi connectivity index (χ1n) is 11.6. The molecule has 32 heavy (non-hydrogen) atoms. The Bertz CT molecular complexity index is 1010. The van der Waals surface area contributed by atoms with Crippen LogP contribution in [0.15, 0.2) is 34.2 Å². The van der Waals surface area contributed by atoms with Gasteiger partial charge >= 0.3 is 0 Å². The molecule has 174 valence electrons. The second kappa shape index (κ2) is 9.82. The lowest BCUT2D eigenvalue weighted by Crippen LogP contribution is -2.42. The number of aryl methyl sites for hydroxylation is 1. The highest BCUT2D eigenvalue weighted by molar-refractivity contribution is 8.00. The molecule has 0 bridgehead atoms. The second-order valence-electron chi connectivity index (χ2n) is 10.2. The van der Waals surface area contributed by atoms with E-state index in [4.69, 9.17) is 4.98 Å². The summed E-state index contributed by atoms with van der Waals surface area (Å²) in [6, 6.07) is 8.48. The van der Waals surface area contributed by atoms with E-state index >= 15 is 0 Å². The zero-order valence-corrected chi connectivity index (χ0v) is 21.4. The van der Waals surface area contributed by atoms with E-state index in [1.807, 2.05) is 18.7 Å². The number of nitrogens with zero attached hydrogens (tertiary/aromatic N) is 3. The number of rotatable bonds is 5. The zero-order valence-electron chi connectivity index (χ0n) is 20.6. The molecule has 0 N–H and O–H groups in total. The predicted octanol–water partition coefficient (Wildman–Crippen LogP) is 4.72. The fourth-order valence-corrected chi connectivity index (χ4v) is 5.06. The van der Waals surface area contributed by atoms with Crippen LogP contribution in [0.2, 0.25) is 0 Å². The normalized spacial score (nSPS) is 16.3. The second-order valence-corrected chi connectivity index (χ2v) is 11.5. The van der Waals surface area contributed by atoms with Gasteiger partial charge < -0.3 is 4.90 Å². The first-order valence-corrected chi connectivity index (χ1v) is 12.5. The maximum Gasteiger partial charge on any atom is 0.257 e. The largest absolute Gasteiger partial charge is 0.342 e. The molecule has 1 unspecified atom stereocenters. The summed E-state index contributed by atoms with van der Waals surface area (Å²) in [6.07, 6.45) is 2.68. The number of hydrogen-bond donors (Lipinski definition) is 0. The monoisotopic (exact) mass is 455 g/mol. The van der Waals surface area contributed by atoms with Crippen molar-refractivity contribution < 1.29 is 4.79 Å². The van der Waals surface area contributed by atoms with Crippen molar-refractivity contribution in [3.05, 3.63) is 57.0 Å². The maximum absolute atomic E-state index is 13.1. The fourth-order valence-electron chi connectivity index (χ4n) is 4.06. The number of hydrogen-bond acceptors (Lipinski definition) is 4. The van der Waals surface area contributed by atoms with E-state index in [1.54, 1.807) is 11.6 Å². The molecule has 1 aliphatic heterocycles. The molecule has 2 heterocycles. The minimum Gasteiger partial charge on any atom is -0.342 e. The van der Waals surface area contributed by atoms with Gasteiger partial charge in [0.2, 0.25) is 5.91 Å². The summed E-state index contributed by atoms with van der Waals surface area (Å²) in [6.45, 7) is 14.3. The molecule has 1 atom stereocenters. The van der Waals surface area contributed by atoms with E-state index in [1.165, 1.54) is 17.3 Å². The average molecular weight is 456 g/mol. The number of carbonyl (C=O) groups excluding carboxylic acids is 1. The number of thioether (sulfide) groups is 1. The Morgan fingerprint density at radius 1 is 1.19 bits per heavy atom. The average Bonchev–Trinajstić information content (AvgIpc) is 2.74. The van der Waals surface area contributed by atoms with Gasteiger partial charge in [-0.25, -0.2) is 4.98 Å². The van der Waals surface area contributed by atoms with E-state index < -0.39 is 0 Å². The molecule has 2 aromatic rings. The number of carbonyl (C=O) groups is 1. The highest BCUT2D eigenvalue weighted by atomic mass is 32.2. The number of benzene rings is 1. The van der Waals surface area contributed by atoms with Gasteiger partial charge in [0.05, 0.1) is 5.25 Å². The van der Waals surface area contributed by atoms with Crippen LogP contribution in [0.3, 0.4) is 0 Å². The molecule has 1 fully saturated rings. The van der Waals surface area contributed by atoms with Gasteiger partial charge in [0, 0.05) is 37.8 Å². The molecule has 1 saturated heterocycles. The van der Waals surface area contributed by atoms with Gasteiger partial charge in [-0.05, 0) is 49.1 Å². The number of piperidine rings is 1. The molecule has 1 aromatic heterocycles. The van der Waals surface area contributed by atoms with Crippen molar-refractivity contribution in [2.75, 3.05) is 13.1 Å². The van der Waals surface area contributed by atoms with Gasteiger partial charge in [0.1, 0.15) is 0 Å². The van der Waals surface area contributed by atoms with Crippen molar-refractivity contribution in [2.24, 2.45) is 13.0 Å². The molecule has 3 rings (SSSR count). The highest BCUT2D eigenvalue weighted by Crippen LogP contribution is 2.26. The van der Waals surface area contributed by atoms with Crippen LogP contribution in [-0.2, 0) is 23.7 Å². The van der Waals surface area contributed by atoms with Crippen LogP contribution in [0.5, 0.6) is 0 Å². The smallest absolute Gasteiger partial charge is 0.257 e. The molecule has 0 aliphatic carbocycles. The van der Waals surface area contributed by atoms with Gasteiger partial charge in [0.25, 0.3) is 5.56 Å². The van der Waals surface area contributed by atoms with Crippen molar-refractivity contribution >= 4 is 17.7 Å². The Morgan fingerprint density at radius 2 is 1.78 bits per heavy atom. The van der Waals surface area contributed by atoms with Crippen molar-refractivity contribution in [2.45, 2.75) is 76.6 Å².